The Morgan fingerprint density at radius 1 is 0.806 bits per heavy atom. The summed E-state index contributed by atoms with van der Waals surface area (Å²) in [6, 6.07) is 11.2. The second kappa shape index (κ2) is 12.4. The lowest BCUT2D eigenvalue weighted by Crippen LogP contribution is -2.18. The second-order valence-electron chi connectivity index (χ2n) is 7.20. The number of esters is 3. The van der Waals surface area contributed by atoms with E-state index in [2.05, 4.69) is 0 Å². The van der Waals surface area contributed by atoms with Gasteiger partial charge in [-0.15, -0.1) is 0 Å². The third-order valence-corrected chi connectivity index (χ3v) is 4.77. The zero-order valence-electron chi connectivity index (χ0n) is 20.2. The molecule has 3 rings (SSSR count). The minimum Gasteiger partial charge on any atom is -0.482 e. The summed E-state index contributed by atoms with van der Waals surface area (Å²) in [7, 11) is 0. The fourth-order valence-corrected chi connectivity index (χ4v) is 3.35. The monoisotopic (exact) mass is 498 g/mol. The number of carbonyl (C=O) groups is 3. The lowest BCUT2D eigenvalue weighted by molar-refractivity contribution is -0.146. The Hall–Kier alpha value is -4.34. The average molecular weight is 498 g/mol. The molecule has 0 amide bonds. The summed E-state index contributed by atoms with van der Waals surface area (Å²) in [6.07, 6.45) is 0. The van der Waals surface area contributed by atoms with E-state index in [1.165, 1.54) is 12.1 Å². The molecule has 0 fully saturated rings. The smallest absolute Gasteiger partial charge is 0.375 e. The van der Waals surface area contributed by atoms with Crippen molar-refractivity contribution in [3.05, 3.63) is 58.4 Å². The average Bonchev–Trinajstić information content (AvgIpc) is 2.86. The zero-order valence-corrected chi connectivity index (χ0v) is 20.2. The van der Waals surface area contributed by atoms with E-state index in [9.17, 15) is 19.2 Å². The van der Waals surface area contributed by atoms with Crippen molar-refractivity contribution in [3.63, 3.8) is 0 Å². The van der Waals surface area contributed by atoms with Gasteiger partial charge in [0.25, 0.3) is 0 Å². The summed E-state index contributed by atoms with van der Waals surface area (Å²) in [5.41, 5.74) is -0.248. The maximum absolute atomic E-state index is 13.7. The Bertz CT molecular complexity index is 1290. The van der Waals surface area contributed by atoms with Crippen LogP contribution >= 0.6 is 0 Å². The van der Waals surface area contributed by atoms with Crippen LogP contribution in [0.2, 0.25) is 0 Å². The number of benzene rings is 2. The molecule has 0 aliphatic heterocycles. The van der Waals surface area contributed by atoms with Crippen LogP contribution in [0.15, 0.2) is 51.7 Å². The summed E-state index contributed by atoms with van der Waals surface area (Å²) in [4.78, 5) is 50.1. The van der Waals surface area contributed by atoms with Crippen molar-refractivity contribution in [1.29, 1.82) is 0 Å². The molecule has 0 N–H and O–H groups in total. The molecule has 10 nitrogen and oxygen atoms in total. The van der Waals surface area contributed by atoms with Crippen molar-refractivity contribution < 1.29 is 42.5 Å². The first-order chi connectivity index (χ1) is 17.4. The normalized spacial score (nSPS) is 10.5. The Labute approximate surface area is 206 Å². The molecule has 0 aliphatic rings. The van der Waals surface area contributed by atoms with E-state index >= 15 is 0 Å². The van der Waals surface area contributed by atoms with E-state index in [0.717, 1.165) is 0 Å². The van der Waals surface area contributed by atoms with Crippen LogP contribution in [0.5, 0.6) is 11.5 Å². The van der Waals surface area contributed by atoms with Crippen LogP contribution in [0.4, 0.5) is 0 Å². The van der Waals surface area contributed by atoms with Crippen molar-refractivity contribution in [2.24, 2.45) is 0 Å². The highest BCUT2D eigenvalue weighted by Gasteiger charge is 2.26. The summed E-state index contributed by atoms with van der Waals surface area (Å²) in [5, 5.41) is -0.0327. The van der Waals surface area contributed by atoms with Crippen molar-refractivity contribution in [1.82, 2.24) is 0 Å². The number of fused-ring (bicyclic) bond motifs is 1. The molecule has 0 bridgehead atoms. The number of hydrogen-bond acceptors (Lipinski definition) is 10. The molecule has 0 spiro atoms. The first-order valence-electron chi connectivity index (χ1n) is 11.3. The van der Waals surface area contributed by atoms with Crippen LogP contribution in [0.1, 0.15) is 31.3 Å². The molecule has 0 radical (unpaired) electrons. The minimum atomic E-state index is -0.831. The first-order valence-corrected chi connectivity index (χ1v) is 11.3. The largest absolute Gasteiger partial charge is 0.482 e. The molecule has 10 heteroatoms. The number of carbonyl (C=O) groups excluding carboxylic acids is 3. The highest BCUT2D eigenvalue weighted by molar-refractivity contribution is 5.99. The maximum Gasteiger partial charge on any atom is 0.375 e. The summed E-state index contributed by atoms with van der Waals surface area (Å²) >= 11 is 0. The van der Waals surface area contributed by atoms with Gasteiger partial charge in [0.05, 0.1) is 25.4 Å². The second-order valence-corrected chi connectivity index (χ2v) is 7.20. The van der Waals surface area contributed by atoms with Crippen LogP contribution in [-0.2, 0) is 23.8 Å². The number of hydrogen-bond donors (Lipinski definition) is 0. The highest BCUT2D eigenvalue weighted by atomic mass is 16.6. The molecule has 0 aliphatic carbocycles. The van der Waals surface area contributed by atoms with Gasteiger partial charge in [0.2, 0.25) is 11.2 Å². The van der Waals surface area contributed by atoms with Crippen LogP contribution in [0.25, 0.3) is 22.1 Å². The molecule has 0 saturated carbocycles. The van der Waals surface area contributed by atoms with E-state index in [0.29, 0.717) is 5.56 Å². The minimum absolute atomic E-state index is 0.0253. The predicted molar refractivity (Wildman–Crippen MR) is 128 cm³/mol. The van der Waals surface area contributed by atoms with Crippen LogP contribution in [0.3, 0.4) is 0 Å². The van der Waals surface area contributed by atoms with E-state index < -0.39 is 36.6 Å². The molecule has 2 aromatic carbocycles. The van der Waals surface area contributed by atoms with E-state index in [1.807, 2.05) is 0 Å². The summed E-state index contributed by atoms with van der Waals surface area (Å²) < 4.78 is 31.8. The standard InChI is InChI=1S/C26H26O10/c1-4-31-20(27)14-34-17-12-18(35-15-21(28)32-5-2)23-19(13-17)36-25(26(30)33-6-3)22(24(23)29)16-10-8-7-9-11-16/h7-13H,4-6,14-15H2,1-3H3. The van der Waals surface area contributed by atoms with Crippen LogP contribution in [-0.4, -0.2) is 50.9 Å². The van der Waals surface area contributed by atoms with Crippen molar-refractivity contribution in [3.8, 4) is 22.6 Å². The van der Waals surface area contributed by atoms with E-state index in [-0.39, 0.29) is 53.6 Å². The number of rotatable bonds is 11. The molecule has 0 atom stereocenters. The van der Waals surface area contributed by atoms with Gasteiger partial charge in [-0.3, -0.25) is 4.79 Å². The molecular formula is C26H26O10. The lowest BCUT2D eigenvalue weighted by atomic mass is 10.0. The van der Waals surface area contributed by atoms with Gasteiger partial charge >= 0.3 is 17.9 Å². The Balaban J connectivity index is 2.21. The van der Waals surface area contributed by atoms with Crippen LogP contribution < -0.4 is 14.9 Å². The third-order valence-electron chi connectivity index (χ3n) is 4.77. The topological polar surface area (TPSA) is 128 Å². The molecule has 190 valence electrons. The fraction of sp³-hybridized carbons (Fsp3) is 0.308. The lowest BCUT2D eigenvalue weighted by Gasteiger charge is -2.14. The molecule has 1 aromatic heterocycles. The van der Waals surface area contributed by atoms with Gasteiger partial charge in [0.1, 0.15) is 22.5 Å². The zero-order chi connectivity index (χ0) is 26.1. The molecular weight excluding hydrogens is 472 g/mol. The molecule has 36 heavy (non-hydrogen) atoms. The highest BCUT2D eigenvalue weighted by Crippen LogP contribution is 2.33. The molecule has 1 heterocycles. The van der Waals surface area contributed by atoms with E-state index in [4.69, 9.17) is 28.1 Å². The van der Waals surface area contributed by atoms with Crippen molar-refractivity contribution >= 4 is 28.9 Å². The molecule has 0 unspecified atom stereocenters. The van der Waals surface area contributed by atoms with Crippen molar-refractivity contribution in [2.45, 2.75) is 20.8 Å². The fourth-order valence-electron chi connectivity index (χ4n) is 3.35. The van der Waals surface area contributed by atoms with Gasteiger partial charge in [-0.05, 0) is 26.3 Å². The third kappa shape index (κ3) is 6.21. The SMILES string of the molecule is CCOC(=O)COc1cc(OCC(=O)OCC)c2c(=O)c(-c3ccccc3)c(C(=O)OCC)oc2c1. The Morgan fingerprint density at radius 2 is 1.42 bits per heavy atom. The van der Waals surface area contributed by atoms with Gasteiger partial charge in [0.15, 0.2) is 13.2 Å². The van der Waals surface area contributed by atoms with Crippen LogP contribution in [0, 0.1) is 0 Å². The first kappa shape index (κ1) is 26.3. The molecule has 3 aromatic rings. The van der Waals surface area contributed by atoms with Gasteiger partial charge < -0.3 is 28.1 Å². The maximum atomic E-state index is 13.7. The quantitative estimate of drug-likeness (QED) is 0.286. The Kier molecular flexibility index (Phi) is 9.04. The van der Waals surface area contributed by atoms with Gasteiger partial charge in [-0.2, -0.15) is 0 Å². The van der Waals surface area contributed by atoms with Gasteiger partial charge in [0, 0.05) is 12.1 Å². The van der Waals surface area contributed by atoms with Gasteiger partial charge in [-0.1, -0.05) is 30.3 Å². The summed E-state index contributed by atoms with van der Waals surface area (Å²) in [6.45, 7) is 4.40. The molecule has 0 saturated heterocycles. The Morgan fingerprint density at radius 3 is 2.03 bits per heavy atom. The predicted octanol–water partition coefficient (Wildman–Crippen LogP) is 3.52. The van der Waals surface area contributed by atoms with E-state index in [1.54, 1.807) is 51.1 Å². The van der Waals surface area contributed by atoms with Gasteiger partial charge in [-0.25, -0.2) is 14.4 Å². The number of ether oxygens (including phenoxy) is 5. The van der Waals surface area contributed by atoms with Crippen molar-refractivity contribution in [2.75, 3.05) is 33.0 Å². The summed E-state index contributed by atoms with van der Waals surface area (Å²) in [5.74, 6) is -2.37.